The lowest BCUT2D eigenvalue weighted by Crippen LogP contribution is -2.46. The molecule has 0 unspecified atom stereocenters. The summed E-state index contributed by atoms with van der Waals surface area (Å²) in [5.74, 6) is -2.51. The summed E-state index contributed by atoms with van der Waals surface area (Å²) in [5, 5.41) is 0.525. The number of carbonyl (C=O) groups excluding carboxylic acids is 3. The lowest BCUT2D eigenvalue weighted by Gasteiger charge is -2.24. The molecule has 0 radical (unpaired) electrons. The van der Waals surface area contributed by atoms with Crippen molar-refractivity contribution in [2.75, 3.05) is 12.0 Å². The topological polar surface area (TPSA) is 97.8 Å². The summed E-state index contributed by atoms with van der Waals surface area (Å²) in [5.41, 5.74) is 1.01. The van der Waals surface area contributed by atoms with Gasteiger partial charge >= 0.3 is 5.97 Å². The number of hydrogen-bond donors (Lipinski definition) is 0. The molecule has 152 valence electrons. The van der Waals surface area contributed by atoms with Crippen molar-refractivity contribution in [2.24, 2.45) is 0 Å². The van der Waals surface area contributed by atoms with E-state index < -0.39 is 33.7 Å². The van der Waals surface area contributed by atoms with E-state index in [0.717, 1.165) is 11.2 Å². The number of carbonyl (C=O) groups is 3. The van der Waals surface area contributed by atoms with Crippen LogP contribution in [0.25, 0.3) is 0 Å². The minimum absolute atomic E-state index is 0.103. The Kier molecular flexibility index (Phi) is 6.04. The number of fused-ring (bicyclic) bond motifs is 1. The van der Waals surface area contributed by atoms with Crippen LogP contribution in [0.15, 0.2) is 48.5 Å². The van der Waals surface area contributed by atoms with E-state index in [2.05, 4.69) is 0 Å². The molecule has 0 bridgehead atoms. The molecule has 0 fully saturated rings. The maximum absolute atomic E-state index is 12.7. The van der Waals surface area contributed by atoms with E-state index in [4.69, 9.17) is 16.3 Å². The van der Waals surface area contributed by atoms with Gasteiger partial charge in [-0.05, 0) is 36.2 Å². The van der Waals surface area contributed by atoms with Crippen LogP contribution in [0.2, 0.25) is 5.02 Å². The first kappa shape index (κ1) is 21.0. The van der Waals surface area contributed by atoms with Crippen LogP contribution in [0, 0.1) is 0 Å². The second kappa shape index (κ2) is 8.34. The van der Waals surface area contributed by atoms with Gasteiger partial charge in [-0.25, -0.2) is 13.2 Å². The maximum Gasteiger partial charge on any atom is 0.329 e. The fourth-order valence-electron chi connectivity index (χ4n) is 3.00. The molecule has 1 aliphatic heterocycles. The Morgan fingerprint density at radius 2 is 1.59 bits per heavy atom. The number of nitrogens with zero attached hydrogens (tertiary/aromatic N) is 1. The summed E-state index contributed by atoms with van der Waals surface area (Å²) in [6, 6.07) is 11.5. The van der Waals surface area contributed by atoms with Crippen molar-refractivity contribution in [3.8, 4) is 0 Å². The fraction of sp³-hybridized carbons (Fsp3) is 0.250. The maximum atomic E-state index is 12.7. The van der Waals surface area contributed by atoms with Crippen LogP contribution in [0.3, 0.4) is 0 Å². The monoisotopic (exact) mass is 435 g/mol. The highest BCUT2D eigenvalue weighted by molar-refractivity contribution is 7.90. The highest BCUT2D eigenvalue weighted by Crippen LogP contribution is 2.26. The van der Waals surface area contributed by atoms with Crippen LogP contribution in [0.1, 0.15) is 32.7 Å². The minimum Gasteiger partial charge on any atom is -0.459 e. The van der Waals surface area contributed by atoms with Gasteiger partial charge in [-0.15, -0.1) is 0 Å². The predicted octanol–water partition coefficient (Wildman–Crippen LogP) is 2.48. The summed E-state index contributed by atoms with van der Waals surface area (Å²) in [6.07, 6.45) is 0.773. The average Bonchev–Trinajstić information content (AvgIpc) is 2.92. The molecule has 0 N–H and O–H groups in total. The second-order valence-corrected chi connectivity index (χ2v) is 9.39. The van der Waals surface area contributed by atoms with E-state index in [1.165, 1.54) is 12.1 Å². The molecule has 2 aromatic rings. The van der Waals surface area contributed by atoms with Crippen LogP contribution >= 0.6 is 11.6 Å². The fourth-order valence-corrected chi connectivity index (χ4v) is 3.78. The van der Waals surface area contributed by atoms with Crippen molar-refractivity contribution in [2.45, 2.75) is 19.1 Å². The van der Waals surface area contributed by atoms with Crippen LogP contribution in [0.5, 0.6) is 0 Å². The molecule has 1 aliphatic rings. The van der Waals surface area contributed by atoms with Crippen molar-refractivity contribution in [3.05, 3.63) is 70.2 Å². The molecule has 2 aromatic carbocycles. The molecule has 0 aliphatic carbocycles. The molecule has 0 saturated heterocycles. The number of ether oxygens (including phenoxy) is 1. The van der Waals surface area contributed by atoms with Gasteiger partial charge in [0.05, 0.1) is 16.9 Å². The van der Waals surface area contributed by atoms with Crippen LogP contribution in [0.4, 0.5) is 0 Å². The average molecular weight is 436 g/mol. The molecule has 0 spiro atoms. The van der Waals surface area contributed by atoms with Crippen molar-refractivity contribution < 1.29 is 27.5 Å². The smallest absolute Gasteiger partial charge is 0.329 e. The number of sulfone groups is 1. The molecule has 7 nitrogen and oxygen atoms in total. The van der Waals surface area contributed by atoms with Gasteiger partial charge in [0.15, 0.2) is 0 Å². The van der Waals surface area contributed by atoms with Crippen molar-refractivity contribution in [1.82, 2.24) is 4.90 Å². The van der Waals surface area contributed by atoms with E-state index in [-0.39, 0.29) is 29.9 Å². The predicted molar refractivity (Wildman–Crippen MR) is 106 cm³/mol. The molecule has 9 heteroatoms. The van der Waals surface area contributed by atoms with Gasteiger partial charge < -0.3 is 4.74 Å². The third-order valence-corrected chi connectivity index (χ3v) is 5.69. The van der Waals surface area contributed by atoms with Crippen molar-refractivity contribution in [1.29, 1.82) is 0 Å². The number of imide groups is 1. The number of benzene rings is 2. The number of esters is 1. The first-order valence-electron chi connectivity index (χ1n) is 8.73. The quantitative estimate of drug-likeness (QED) is 0.489. The molecule has 2 amide bonds. The van der Waals surface area contributed by atoms with Gasteiger partial charge in [-0.2, -0.15) is 0 Å². The van der Waals surface area contributed by atoms with E-state index in [1.54, 1.807) is 36.4 Å². The summed E-state index contributed by atoms with van der Waals surface area (Å²) in [6.45, 7) is -0.103. The third-order valence-electron chi connectivity index (χ3n) is 4.47. The number of amides is 2. The lowest BCUT2D eigenvalue weighted by molar-refractivity contribution is -0.149. The Morgan fingerprint density at radius 1 is 1.03 bits per heavy atom. The summed E-state index contributed by atoms with van der Waals surface area (Å²) in [4.78, 5) is 39.0. The van der Waals surface area contributed by atoms with Gasteiger partial charge in [0.25, 0.3) is 11.8 Å². The van der Waals surface area contributed by atoms with Crippen molar-refractivity contribution >= 4 is 39.2 Å². The largest absolute Gasteiger partial charge is 0.459 e. The van der Waals surface area contributed by atoms with Crippen molar-refractivity contribution in [3.63, 3.8) is 0 Å². The van der Waals surface area contributed by atoms with Crippen LogP contribution in [-0.4, -0.2) is 49.2 Å². The number of halogens is 1. The van der Waals surface area contributed by atoms with E-state index >= 15 is 0 Å². The Labute approximate surface area is 173 Å². The van der Waals surface area contributed by atoms with Crippen LogP contribution in [-0.2, 0) is 26.0 Å². The van der Waals surface area contributed by atoms with Gasteiger partial charge in [0.2, 0.25) is 0 Å². The second-order valence-electron chi connectivity index (χ2n) is 6.69. The van der Waals surface area contributed by atoms with E-state index in [1.807, 2.05) is 0 Å². The van der Waals surface area contributed by atoms with E-state index in [0.29, 0.717) is 10.6 Å². The van der Waals surface area contributed by atoms with E-state index in [9.17, 15) is 22.8 Å². The minimum atomic E-state index is -3.43. The standard InChI is InChI=1S/C20H18ClNO6S/c1-29(26,27)11-10-17(20(25)28-12-13-6-8-14(21)9-7-13)22-18(23)15-4-2-3-5-16(15)19(22)24/h2-9,17H,10-12H2,1H3/t17-/m1/s1. The van der Waals surface area contributed by atoms with Gasteiger partial charge in [-0.1, -0.05) is 35.9 Å². The van der Waals surface area contributed by atoms with Gasteiger partial charge in [0.1, 0.15) is 22.5 Å². The molecule has 3 rings (SSSR count). The Balaban J connectivity index is 1.82. The summed E-state index contributed by atoms with van der Waals surface area (Å²) < 4.78 is 28.5. The highest BCUT2D eigenvalue weighted by atomic mass is 35.5. The Bertz CT molecular complexity index is 1030. The molecule has 0 saturated carbocycles. The van der Waals surface area contributed by atoms with Crippen LogP contribution < -0.4 is 0 Å². The van der Waals surface area contributed by atoms with Gasteiger partial charge in [0, 0.05) is 11.3 Å². The third kappa shape index (κ3) is 4.83. The zero-order chi connectivity index (χ0) is 21.2. The SMILES string of the molecule is CS(=O)(=O)CC[C@H](C(=O)OCc1ccc(Cl)cc1)N1C(=O)c2ccccc2C1=O. The molecular formula is C20H18ClNO6S. The summed E-state index contributed by atoms with van der Waals surface area (Å²) in [7, 11) is -3.43. The number of rotatable bonds is 7. The molecule has 1 heterocycles. The molecule has 29 heavy (non-hydrogen) atoms. The van der Waals surface area contributed by atoms with Gasteiger partial charge in [-0.3, -0.25) is 14.5 Å². The lowest BCUT2D eigenvalue weighted by atomic mass is 10.1. The summed E-state index contributed by atoms with van der Waals surface area (Å²) >= 11 is 5.82. The molecular weight excluding hydrogens is 418 g/mol. The zero-order valence-corrected chi connectivity index (χ0v) is 17.1. The zero-order valence-electron chi connectivity index (χ0n) is 15.5. The first-order valence-corrected chi connectivity index (χ1v) is 11.2. The molecule has 0 aromatic heterocycles. The normalized spacial score (nSPS) is 14.6. The number of hydrogen-bond acceptors (Lipinski definition) is 6. The molecule has 1 atom stereocenters. The Hall–Kier alpha value is -2.71. The Morgan fingerprint density at radius 3 is 2.10 bits per heavy atom. The first-order chi connectivity index (χ1) is 13.7. The highest BCUT2D eigenvalue weighted by Gasteiger charge is 2.43.